The van der Waals surface area contributed by atoms with Gasteiger partial charge in [-0.1, -0.05) is 20.8 Å². The van der Waals surface area contributed by atoms with Crippen LogP contribution in [0.25, 0.3) is 0 Å². The zero-order chi connectivity index (χ0) is 10.2. The molecule has 0 spiro atoms. The molecule has 0 radical (unpaired) electrons. The zero-order valence-electron chi connectivity index (χ0n) is 8.33. The normalized spacial score (nSPS) is 18.8. The highest BCUT2D eigenvalue weighted by Crippen LogP contribution is 2.24. The minimum atomic E-state index is -3.14. The fourth-order valence-corrected chi connectivity index (χ4v) is 1.81. The lowest BCUT2D eigenvalue weighted by Gasteiger charge is -2.29. The number of rotatable bonds is 2. The van der Waals surface area contributed by atoms with Crippen molar-refractivity contribution < 1.29 is 13.5 Å². The van der Waals surface area contributed by atoms with E-state index in [-0.39, 0.29) is 5.41 Å². The highest BCUT2D eigenvalue weighted by Gasteiger charge is 2.33. The van der Waals surface area contributed by atoms with Gasteiger partial charge in [-0.3, -0.25) is 0 Å². The van der Waals surface area contributed by atoms with Gasteiger partial charge in [-0.2, -0.15) is 0 Å². The summed E-state index contributed by atoms with van der Waals surface area (Å²) in [4.78, 5) is 0. The lowest BCUT2D eigenvalue weighted by Crippen LogP contribution is -2.40. The fraction of sp³-hybridized carbons (Fsp3) is 1.00. The van der Waals surface area contributed by atoms with Crippen LogP contribution in [0, 0.1) is 5.41 Å². The predicted molar refractivity (Wildman–Crippen MR) is 49.8 cm³/mol. The molecule has 4 heteroatoms. The van der Waals surface area contributed by atoms with Crippen molar-refractivity contribution in [2.45, 2.75) is 39.0 Å². The number of hydrogen-bond acceptors (Lipinski definition) is 3. The van der Waals surface area contributed by atoms with Gasteiger partial charge in [0, 0.05) is 6.26 Å². The molecule has 3 nitrogen and oxygen atoms in total. The molecule has 0 rings (SSSR count). The predicted octanol–water partition coefficient (Wildman–Crippen LogP) is 0.827. The van der Waals surface area contributed by atoms with E-state index in [4.69, 9.17) is 0 Å². The van der Waals surface area contributed by atoms with Gasteiger partial charge in [-0.25, -0.2) is 8.42 Å². The molecule has 12 heavy (non-hydrogen) atoms. The van der Waals surface area contributed by atoms with Crippen LogP contribution in [0.1, 0.15) is 27.7 Å². The van der Waals surface area contributed by atoms with E-state index in [1.165, 1.54) is 6.92 Å². The molecule has 0 aromatic rings. The second-order valence-electron chi connectivity index (χ2n) is 4.35. The minimum Gasteiger partial charge on any atom is -0.391 e. The molecule has 0 saturated carbocycles. The molecule has 0 heterocycles. The molecule has 0 aliphatic heterocycles. The topological polar surface area (TPSA) is 54.4 Å². The van der Waals surface area contributed by atoms with Crippen LogP contribution in [0.15, 0.2) is 0 Å². The Labute approximate surface area is 74.7 Å². The van der Waals surface area contributed by atoms with Crippen LogP contribution in [0.2, 0.25) is 0 Å². The molecular weight excluding hydrogens is 176 g/mol. The largest absolute Gasteiger partial charge is 0.391 e. The molecule has 0 aliphatic rings. The Bertz CT molecular complexity index is 236. The maximum atomic E-state index is 11.1. The fourth-order valence-electron chi connectivity index (χ4n) is 0.938. The Kier molecular flexibility index (Phi) is 3.32. The second kappa shape index (κ2) is 3.34. The van der Waals surface area contributed by atoms with Gasteiger partial charge in [-0.05, 0) is 12.3 Å². The molecule has 0 amide bonds. The van der Waals surface area contributed by atoms with E-state index in [1.54, 1.807) is 0 Å². The first-order chi connectivity index (χ1) is 5.07. The van der Waals surface area contributed by atoms with E-state index in [9.17, 15) is 13.5 Å². The molecule has 2 unspecified atom stereocenters. The summed E-state index contributed by atoms with van der Waals surface area (Å²) in [5.74, 6) is 0. The SMILES string of the molecule is CC(C(O)C(C)(C)C)S(C)(=O)=O. The van der Waals surface area contributed by atoms with Crippen LogP contribution in [-0.2, 0) is 9.84 Å². The van der Waals surface area contributed by atoms with E-state index < -0.39 is 21.2 Å². The van der Waals surface area contributed by atoms with Crippen LogP contribution in [0.5, 0.6) is 0 Å². The summed E-state index contributed by atoms with van der Waals surface area (Å²) in [6.45, 7) is 6.99. The van der Waals surface area contributed by atoms with Gasteiger partial charge in [-0.15, -0.1) is 0 Å². The third-order valence-electron chi connectivity index (χ3n) is 2.01. The second-order valence-corrected chi connectivity index (χ2v) is 6.75. The lowest BCUT2D eigenvalue weighted by molar-refractivity contribution is 0.0628. The van der Waals surface area contributed by atoms with Crippen LogP contribution in [0.3, 0.4) is 0 Å². The smallest absolute Gasteiger partial charge is 0.152 e. The summed E-state index contributed by atoms with van der Waals surface area (Å²) < 4.78 is 22.1. The van der Waals surface area contributed by atoms with Crippen LogP contribution >= 0.6 is 0 Å². The number of aliphatic hydroxyl groups is 1. The molecule has 0 saturated heterocycles. The quantitative estimate of drug-likeness (QED) is 0.708. The van der Waals surface area contributed by atoms with Crippen LogP contribution in [0.4, 0.5) is 0 Å². The molecule has 2 atom stereocenters. The van der Waals surface area contributed by atoms with E-state index in [0.29, 0.717) is 0 Å². The standard InChI is InChI=1S/C8H18O3S/c1-6(12(5,10)11)7(9)8(2,3)4/h6-7,9H,1-5H3. The van der Waals surface area contributed by atoms with Crippen molar-refractivity contribution in [2.24, 2.45) is 5.41 Å². The van der Waals surface area contributed by atoms with Crippen molar-refractivity contribution in [1.82, 2.24) is 0 Å². The summed E-state index contributed by atoms with van der Waals surface area (Å²) in [7, 11) is -3.14. The van der Waals surface area contributed by atoms with Crippen molar-refractivity contribution in [1.29, 1.82) is 0 Å². The Morgan fingerprint density at radius 1 is 1.25 bits per heavy atom. The Hall–Kier alpha value is -0.0900. The molecule has 74 valence electrons. The van der Waals surface area contributed by atoms with Gasteiger partial charge < -0.3 is 5.11 Å². The number of hydrogen-bond donors (Lipinski definition) is 1. The van der Waals surface area contributed by atoms with Crippen molar-refractivity contribution in [3.63, 3.8) is 0 Å². The molecule has 0 aromatic carbocycles. The van der Waals surface area contributed by atoms with Crippen LogP contribution < -0.4 is 0 Å². The molecule has 1 N–H and O–H groups in total. The van der Waals surface area contributed by atoms with Crippen molar-refractivity contribution in [2.75, 3.05) is 6.26 Å². The van der Waals surface area contributed by atoms with Gasteiger partial charge in [0.15, 0.2) is 9.84 Å². The molecule has 0 aromatic heterocycles. The minimum absolute atomic E-state index is 0.386. The summed E-state index contributed by atoms with van der Waals surface area (Å²) in [6.07, 6.45) is 0.333. The van der Waals surface area contributed by atoms with Crippen LogP contribution in [-0.4, -0.2) is 31.1 Å². The van der Waals surface area contributed by atoms with E-state index in [0.717, 1.165) is 6.26 Å². The molecule has 0 aliphatic carbocycles. The monoisotopic (exact) mass is 194 g/mol. The van der Waals surface area contributed by atoms with Crippen molar-refractivity contribution >= 4 is 9.84 Å². The first kappa shape index (κ1) is 11.9. The highest BCUT2D eigenvalue weighted by molar-refractivity contribution is 7.91. The van der Waals surface area contributed by atoms with Gasteiger partial charge in [0.05, 0.1) is 11.4 Å². The zero-order valence-corrected chi connectivity index (χ0v) is 9.14. The molecular formula is C8H18O3S. The van der Waals surface area contributed by atoms with E-state index in [1.807, 2.05) is 20.8 Å². The van der Waals surface area contributed by atoms with Crippen molar-refractivity contribution in [3.05, 3.63) is 0 Å². The lowest BCUT2D eigenvalue weighted by atomic mass is 9.87. The summed E-state index contributed by atoms with van der Waals surface area (Å²) in [5, 5.41) is 8.91. The maximum absolute atomic E-state index is 11.1. The molecule has 0 fully saturated rings. The Morgan fingerprint density at radius 3 is 1.67 bits per heavy atom. The number of sulfone groups is 1. The Morgan fingerprint density at radius 2 is 1.58 bits per heavy atom. The number of aliphatic hydroxyl groups excluding tert-OH is 1. The first-order valence-electron chi connectivity index (χ1n) is 3.93. The third kappa shape index (κ3) is 3.11. The summed E-state index contributed by atoms with van der Waals surface area (Å²) >= 11 is 0. The van der Waals surface area contributed by atoms with Gasteiger partial charge in [0.1, 0.15) is 0 Å². The average Bonchev–Trinajstić information content (AvgIpc) is 1.80. The maximum Gasteiger partial charge on any atom is 0.152 e. The van der Waals surface area contributed by atoms with Gasteiger partial charge in [0.25, 0.3) is 0 Å². The van der Waals surface area contributed by atoms with E-state index in [2.05, 4.69) is 0 Å². The van der Waals surface area contributed by atoms with Crippen molar-refractivity contribution in [3.8, 4) is 0 Å². The van der Waals surface area contributed by atoms with Gasteiger partial charge >= 0.3 is 0 Å². The van der Waals surface area contributed by atoms with E-state index >= 15 is 0 Å². The average molecular weight is 194 g/mol. The molecule has 0 bridgehead atoms. The van der Waals surface area contributed by atoms with Gasteiger partial charge in [0.2, 0.25) is 0 Å². The Balaban J connectivity index is 4.64. The highest BCUT2D eigenvalue weighted by atomic mass is 32.2. The first-order valence-corrected chi connectivity index (χ1v) is 5.89. The summed E-state index contributed by atoms with van der Waals surface area (Å²) in [6, 6.07) is 0. The third-order valence-corrected chi connectivity index (χ3v) is 3.62. The summed E-state index contributed by atoms with van der Waals surface area (Å²) in [5.41, 5.74) is -0.386.